The second-order valence-electron chi connectivity index (χ2n) is 4.70. The van der Waals surface area contributed by atoms with E-state index in [0.29, 0.717) is 5.92 Å². The number of hydrogen-bond acceptors (Lipinski definition) is 1. The highest BCUT2D eigenvalue weighted by Crippen LogP contribution is 2.19. The molecule has 2 rings (SSSR count). The molecule has 1 heteroatoms. The van der Waals surface area contributed by atoms with E-state index in [1.165, 1.54) is 31.2 Å². The molecule has 0 amide bonds. The van der Waals surface area contributed by atoms with Gasteiger partial charge in [-0.05, 0) is 24.3 Å². The van der Waals surface area contributed by atoms with Gasteiger partial charge in [0, 0.05) is 12.6 Å². The number of benzene rings is 1. The minimum atomic E-state index is 0.631. The molecule has 1 aliphatic rings. The predicted molar refractivity (Wildman–Crippen MR) is 65.1 cm³/mol. The largest absolute Gasteiger partial charge is 0.313 e. The van der Waals surface area contributed by atoms with Crippen LogP contribution in [0.25, 0.3) is 0 Å². The first-order valence-electron chi connectivity index (χ1n) is 6.14. The highest BCUT2D eigenvalue weighted by molar-refractivity contribution is 5.18. The molecule has 1 saturated carbocycles. The fraction of sp³-hybridized carbons (Fsp3) is 0.571. The minimum Gasteiger partial charge on any atom is -0.313 e. The van der Waals surface area contributed by atoms with Gasteiger partial charge in [0.05, 0.1) is 0 Å². The first-order valence-corrected chi connectivity index (χ1v) is 6.14. The van der Waals surface area contributed by atoms with E-state index < -0.39 is 0 Å². The zero-order valence-electron chi connectivity index (χ0n) is 9.58. The van der Waals surface area contributed by atoms with Gasteiger partial charge in [0.2, 0.25) is 0 Å². The van der Waals surface area contributed by atoms with E-state index in [2.05, 4.69) is 42.6 Å². The van der Waals surface area contributed by atoms with Crippen molar-refractivity contribution in [2.24, 2.45) is 0 Å². The van der Waals surface area contributed by atoms with Crippen molar-refractivity contribution in [1.82, 2.24) is 5.32 Å². The topological polar surface area (TPSA) is 12.0 Å². The van der Waals surface area contributed by atoms with Crippen molar-refractivity contribution in [2.75, 3.05) is 6.54 Å². The van der Waals surface area contributed by atoms with E-state index in [1.54, 1.807) is 0 Å². The average Bonchev–Trinajstić information content (AvgIpc) is 2.80. The van der Waals surface area contributed by atoms with Crippen LogP contribution in [0.15, 0.2) is 30.3 Å². The van der Waals surface area contributed by atoms with Crippen LogP contribution < -0.4 is 5.32 Å². The summed E-state index contributed by atoms with van der Waals surface area (Å²) in [5, 5.41) is 3.68. The second-order valence-corrected chi connectivity index (χ2v) is 4.70. The van der Waals surface area contributed by atoms with E-state index in [9.17, 15) is 0 Å². The monoisotopic (exact) mass is 203 g/mol. The third-order valence-electron chi connectivity index (χ3n) is 3.44. The van der Waals surface area contributed by atoms with E-state index in [1.807, 2.05) is 0 Å². The predicted octanol–water partition coefficient (Wildman–Crippen LogP) is 3.32. The van der Waals surface area contributed by atoms with E-state index in [0.717, 1.165) is 12.6 Å². The van der Waals surface area contributed by atoms with Crippen LogP contribution in [0.5, 0.6) is 0 Å². The number of nitrogens with one attached hydrogen (secondary N) is 1. The molecule has 0 aliphatic heterocycles. The maximum Gasteiger partial charge on any atom is 0.00673 e. The molecule has 1 aromatic carbocycles. The smallest absolute Gasteiger partial charge is 0.00673 e. The molecular formula is C14H21N. The van der Waals surface area contributed by atoms with Crippen molar-refractivity contribution >= 4 is 0 Å². The van der Waals surface area contributed by atoms with Crippen molar-refractivity contribution < 1.29 is 0 Å². The summed E-state index contributed by atoms with van der Waals surface area (Å²) in [6.45, 7) is 3.42. The second kappa shape index (κ2) is 5.32. The van der Waals surface area contributed by atoms with Crippen molar-refractivity contribution in [3.05, 3.63) is 35.9 Å². The van der Waals surface area contributed by atoms with Crippen LogP contribution >= 0.6 is 0 Å². The summed E-state index contributed by atoms with van der Waals surface area (Å²) in [7, 11) is 0. The minimum absolute atomic E-state index is 0.631. The third-order valence-corrected chi connectivity index (χ3v) is 3.44. The van der Waals surface area contributed by atoms with Gasteiger partial charge >= 0.3 is 0 Å². The molecule has 1 fully saturated rings. The first kappa shape index (κ1) is 10.7. The molecule has 0 radical (unpaired) electrons. The fourth-order valence-corrected chi connectivity index (χ4v) is 2.37. The lowest BCUT2D eigenvalue weighted by atomic mass is 10.0. The van der Waals surface area contributed by atoms with Crippen molar-refractivity contribution in [2.45, 2.75) is 44.6 Å². The lowest BCUT2D eigenvalue weighted by molar-refractivity contribution is 0.500. The highest BCUT2D eigenvalue weighted by atomic mass is 14.9. The van der Waals surface area contributed by atoms with E-state index in [4.69, 9.17) is 0 Å². The van der Waals surface area contributed by atoms with E-state index in [-0.39, 0.29) is 0 Å². The Morgan fingerprint density at radius 2 is 1.87 bits per heavy atom. The van der Waals surface area contributed by atoms with Gasteiger partial charge in [0.15, 0.2) is 0 Å². The van der Waals surface area contributed by atoms with Crippen LogP contribution in [-0.4, -0.2) is 12.6 Å². The Morgan fingerprint density at radius 3 is 2.53 bits per heavy atom. The summed E-state index contributed by atoms with van der Waals surface area (Å²) in [5.41, 5.74) is 1.45. The Kier molecular flexibility index (Phi) is 3.79. The molecule has 15 heavy (non-hydrogen) atoms. The van der Waals surface area contributed by atoms with Crippen LogP contribution in [0.2, 0.25) is 0 Å². The molecule has 1 N–H and O–H groups in total. The van der Waals surface area contributed by atoms with Gasteiger partial charge in [-0.3, -0.25) is 0 Å². The molecule has 1 atom stereocenters. The molecular weight excluding hydrogens is 182 g/mol. The van der Waals surface area contributed by atoms with Crippen LogP contribution in [0, 0.1) is 0 Å². The number of rotatable bonds is 4. The normalized spacial score (nSPS) is 19.3. The van der Waals surface area contributed by atoms with Gasteiger partial charge in [0.25, 0.3) is 0 Å². The Labute approximate surface area is 92.9 Å². The van der Waals surface area contributed by atoms with Crippen LogP contribution in [0.4, 0.5) is 0 Å². The summed E-state index contributed by atoms with van der Waals surface area (Å²) < 4.78 is 0. The molecule has 82 valence electrons. The summed E-state index contributed by atoms with van der Waals surface area (Å²) in [5.74, 6) is 0.631. The lowest BCUT2D eigenvalue weighted by Gasteiger charge is -2.17. The summed E-state index contributed by atoms with van der Waals surface area (Å²) in [4.78, 5) is 0. The molecule has 0 unspecified atom stereocenters. The molecule has 1 nitrogen and oxygen atoms in total. The Bertz CT molecular complexity index is 275. The van der Waals surface area contributed by atoms with Gasteiger partial charge in [-0.1, -0.05) is 50.1 Å². The molecule has 0 aromatic heterocycles. The average molecular weight is 203 g/mol. The zero-order valence-corrected chi connectivity index (χ0v) is 9.58. The van der Waals surface area contributed by atoms with Crippen LogP contribution in [0.1, 0.15) is 44.1 Å². The maximum absolute atomic E-state index is 3.68. The highest BCUT2D eigenvalue weighted by Gasteiger charge is 2.15. The quantitative estimate of drug-likeness (QED) is 0.791. The molecule has 0 heterocycles. The maximum atomic E-state index is 3.68. The van der Waals surface area contributed by atoms with Crippen molar-refractivity contribution in [1.29, 1.82) is 0 Å². The van der Waals surface area contributed by atoms with Gasteiger partial charge in [-0.25, -0.2) is 0 Å². The first-order chi connectivity index (χ1) is 7.36. The van der Waals surface area contributed by atoms with Gasteiger partial charge in [-0.2, -0.15) is 0 Å². The Morgan fingerprint density at radius 1 is 1.20 bits per heavy atom. The zero-order chi connectivity index (χ0) is 10.5. The van der Waals surface area contributed by atoms with Gasteiger partial charge in [-0.15, -0.1) is 0 Å². The summed E-state index contributed by atoms with van der Waals surface area (Å²) >= 11 is 0. The van der Waals surface area contributed by atoms with Crippen LogP contribution in [0.3, 0.4) is 0 Å². The summed E-state index contributed by atoms with van der Waals surface area (Å²) in [6, 6.07) is 11.6. The Balaban J connectivity index is 1.79. The molecule has 0 spiro atoms. The fourth-order valence-electron chi connectivity index (χ4n) is 2.37. The third kappa shape index (κ3) is 3.07. The van der Waals surface area contributed by atoms with E-state index >= 15 is 0 Å². The number of hydrogen-bond donors (Lipinski definition) is 1. The van der Waals surface area contributed by atoms with Crippen LogP contribution in [-0.2, 0) is 0 Å². The Hall–Kier alpha value is -0.820. The molecule has 0 saturated heterocycles. The summed E-state index contributed by atoms with van der Waals surface area (Å²) in [6.07, 6.45) is 5.58. The lowest BCUT2D eigenvalue weighted by Crippen LogP contribution is -2.29. The SMILES string of the molecule is C[C@@H](CNC1CCCC1)c1ccccc1. The van der Waals surface area contributed by atoms with Gasteiger partial charge in [0.1, 0.15) is 0 Å². The van der Waals surface area contributed by atoms with Gasteiger partial charge < -0.3 is 5.32 Å². The van der Waals surface area contributed by atoms with Crippen molar-refractivity contribution in [3.8, 4) is 0 Å². The van der Waals surface area contributed by atoms with Crippen molar-refractivity contribution in [3.63, 3.8) is 0 Å². The molecule has 1 aliphatic carbocycles. The molecule has 1 aromatic rings. The standard InChI is InChI=1S/C14H21N/c1-12(13-7-3-2-4-8-13)11-15-14-9-5-6-10-14/h2-4,7-8,12,14-15H,5-6,9-11H2,1H3/t12-/m0/s1. The molecule has 0 bridgehead atoms.